The molecule has 9 heteroatoms. The van der Waals surface area contributed by atoms with Gasteiger partial charge in [0.2, 0.25) is 5.95 Å². The van der Waals surface area contributed by atoms with Gasteiger partial charge in [-0.3, -0.25) is 0 Å². The Morgan fingerprint density at radius 1 is 1.41 bits per heavy atom. The van der Waals surface area contributed by atoms with Crippen LogP contribution in [0.2, 0.25) is 0 Å². The molecule has 4 rings (SSSR count). The molecule has 2 fully saturated rings. The first-order valence-corrected chi connectivity index (χ1v) is 9.33. The van der Waals surface area contributed by atoms with Crippen molar-refractivity contribution in [3.05, 3.63) is 23.5 Å². The Morgan fingerprint density at radius 3 is 2.78 bits per heavy atom. The lowest BCUT2D eigenvalue weighted by Gasteiger charge is -2.41. The quantitative estimate of drug-likeness (QED) is 0.847. The van der Waals surface area contributed by atoms with Gasteiger partial charge in [0.25, 0.3) is 0 Å². The topological polar surface area (TPSA) is 71.7 Å². The van der Waals surface area contributed by atoms with Gasteiger partial charge in [-0.05, 0) is 31.7 Å². The van der Waals surface area contributed by atoms with Gasteiger partial charge in [-0.15, -0.1) is 5.10 Å². The Labute approximate surface area is 154 Å². The second-order valence-corrected chi connectivity index (χ2v) is 7.49. The van der Waals surface area contributed by atoms with Crippen LogP contribution in [0.3, 0.4) is 0 Å². The summed E-state index contributed by atoms with van der Waals surface area (Å²) in [5.41, 5.74) is -0.405. The minimum absolute atomic E-state index is 0.0321. The molecule has 2 atom stereocenters. The first kappa shape index (κ1) is 18.5. The van der Waals surface area contributed by atoms with E-state index >= 15 is 0 Å². The molecule has 0 bridgehead atoms. The molecule has 1 saturated carbocycles. The van der Waals surface area contributed by atoms with Crippen molar-refractivity contribution in [1.82, 2.24) is 14.6 Å². The lowest BCUT2D eigenvalue weighted by atomic mass is 9.65. The molecule has 2 aliphatic rings. The van der Waals surface area contributed by atoms with Crippen LogP contribution in [-0.4, -0.2) is 45.1 Å². The number of rotatable bonds is 4. The van der Waals surface area contributed by atoms with Crippen LogP contribution in [-0.2, 0) is 16.3 Å². The van der Waals surface area contributed by atoms with Crippen LogP contribution in [0.25, 0.3) is 5.52 Å². The lowest BCUT2D eigenvalue weighted by Crippen LogP contribution is -2.42. The van der Waals surface area contributed by atoms with E-state index in [-0.39, 0.29) is 29.5 Å². The molecule has 3 heterocycles. The van der Waals surface area contributed by atoms with Gasteiger partial charge in [-0.1, -0.05) is 13.3 Å². The average molecular weight is 384 g/mol. The van der Waals surface area contributed by atoms with Crippen molar-refractivity contribution in [1.29, 1.82) is 0 Å². The molecule has 0 aromatic carbocycles. The highest BCUT2D eigenvalue weighted by molar-refractivity contribution is 5.59. The number of nitrogens with zero attached hydrogens (tertiary/aromatic N) is 3. The Kier molecular flexibility index (Phi) is 4.54. The van der Waals surface area contributed by atoms with E-state index in [1.807, 2.05) is 6.92 Å². The normalized spacial score (nSPS) is 25.4. The van der Waals surface area contributed by atoms with Crippen LogP contribution in [0.15, 0.2) is 12.3 Å². The molecule has 0 radical (unpaired) electrons. The minimum Gasteiger partial charge on any atom is -0.389 e. The molecule has 1 aliphatic carbocycles. The number of aliphatic hydroxyl groups is 1. The Morgan fingerprint density at radius 2 is 2.19 bits per heavy atom. The van der Waals surface area contributed by atoms with Gasteiger partial charge in [0.05, 0.1) is 36.0 Å². The SMILES string of the molecule is CCC1(c2cc(C(F)(F)F)c3cnc(N[C@@H]4CCOC[C@H]4O)nn23)CCC1. The van der Waals surface area contributed by atoms with Gasteiger partial charge in [-0.2, -0.15) is 13.2 Å². The maximum Gasteiger partial charge on any atom is 0.418 e. The van der Waals surface area contributed by atoms with Gasteiger partial charge in [0.15, 0.2) is 0 Å². The maximum atomic E-state index is 13.5. The minimum atomic E-state index is -4.46. The molecular weight excluding hydrogens is 361 g/mol. The van der Waals surface area contributed by atoms with Gasteiger partial charge in [-0.25, -0.2) is 9.50 Å². The van der Waals surface area contributed by atoms with Gasteiger partial charge >= 0.3 is 6.18 Å². The zero-order valence-electron chi connectivity index (χ0n) is 15.1. The first-order valence-electron chi connectivity index (χ1n) is 9.33. The molecule has 6 nitrogen and oxygen atoms in total. The Balaban J connectivity index is 1.77. The summed E-state index contributed by atoms with van der Waals surface area (Å²) < 4.78 is 47.2. The highest BCUT2D eigenvalue weighted by Gasteiger charge is 2.43. The van der Waals surface area contributed by atoms with Crippen LogP contribution in [0.4, 0.5) is 19.1 Å². The van der Waals surface area contributed by atoms with Crippen LogP contribution >= 0.6 is 0 Å². The van der Waals surface area contributed by atoms with Crippen molar-refractivity contribution >= 4 is 11.5 Å². The molecule has 0 unspecified atom stereocenters. The van der Waals surface area contributed by atoms with Crippen molar-refractivity contribution in [2.24, 2.45) is 0 Å². The zero-order chi connectivity index (χ0) is 19.2. The van der Waals surface area contributed by atoms with E-state index in [0.29, 0.717) is 18.7 Å². The second kappa shape index (κ2) is 6.63. The van der Waals surface area contributed by atoms with Crippen LogP contribution < -0.4 is 5.32 Å². The largest absolute Gasteiger partial charge is 0.418 e. The number of hydrogen-bond donors (Lipinski definition) is 2. The highest BCUT2D eigenvalue weighted by Crippen LogP contribution is 2.48. The number of hydrogen-bond acceptors (Lipinski definition) is 5. The second-order valence-electron chi connectivity index (χ2n) is 7.49. The predicted octanol–water partition coefficient (Wildman–Crippen LogP) is 3.14. The summed E-state index contributed by atoms with van der Waals surface area (Å²) in [4.78, 5) is 4.08. The van der Waals surface area contributed by atoms with Gasteiger partial charge < -0.3 is 15.2 Å². The molecule has 0 spiro atoms. The standard InChI is InChI=1S/C18H23F3N4O2/c1-2-17(5-3-6-17)15-8-11(18(19,20)21)13-9-22-16(24-25(13)15)23-12-4-7-27-10-14(12)26/h8-9,12,14,26H,2-7,10H2,1H3,(H,23,24)/t12-,14-/m1/s1. The molecular formula is C18H23F3N4O2. The third kappa shape index (κ3) is 3.16. The fraction of sp³-hybridized carbons (Fsp3) is 0.667. The van der Waals surface area contributed by atoms with Crippen LogP contribution in [0.1, 0.15) is 50.3 Å². The van der Waals surface area contributed by atoms with Gasteiger partial charge in [0, 0.05) is 17.7 Å². The number of aliphatic hydroxyl groups excluding tert-OH is 1. The van der Waals surface area contributed by atoms with E-state index in [0.717, 1.165) is 25.7 Å². The summed E-state index contributed by atoms with van der Waals surface area (Å²) in [6, 6.07) is 0.945. The number of fused-ring (bicyclic) bond motifs is 1. The summed E-state index contributed by atoms with van der Waals surface area (Å²) in [5, 5.41) is 17.5. The fourth-order valence-corrected chi connectivity index (χ4v) is 4.11. The number of aromatic nitrogens is 3. The predicted molar refractivity (Wildman–Crippen MR) is 92.7 cm³/mol. The highest BCUT2D eigenvalue weighted by atomic mass is 19.4. The van der Waals surface area contributed by atoms with E-state index in [1.54, 1.807) is 0 Å². The number of ether oxygens (including phenoxy) is 1. The van der Waals surface area contributed by atoms with Crippen molar-refractivity contribution in [3.8, 4) is 0 Å². The molecule has 27 heavy (non-hydrogen) atoms. The van der Waals surface area contributed by atoms with E-state index < -0.39 is 17.8 Å². The zero-order valence-corrected chi connectivity index (χ0v) is 15.1. The number of alkyl halides is 3. The van der Waals surface area contributed by atoms with Gasteiger partial charge in [0.1, 0.15) is 0 Å². The molecule has 2 aromatic rings. The number of anilines is 1. The van der Waals surface area contributed by atoms with Crippen molar-refractivity contribution in [2.75, 3.05) is 18.5 Å². The molecule has 2 aromatic heterocycles. The van der Waals surface area contributed by atoms with Crippen LogP contribution in [0, 0.1) is 0 Å². The van der Waals surface area contributed by atoms with Crippen LogP contribution in [0.5, 0.6) is 0 Å². The third-order valence-electron chi connectivity index (χ3n) is 5.99. The Hall–Kier alpha value is -1.87. The molecule has 1 saturated heterocycles. The first-order chi connectivity index (χ1) is 12.8. The van der Waals surface area contributed by atoms with Crippen molar-refractivity contribution < 1.29 is 23.0 Å². The fourth-order valence-electron chi connectivity index (χ4n) is 4.11. The monoisotopic (exact) mass is 384 g/mol. The summed E-state index contributed by atoms with van der Waals surface area (Å²) in [6.45, 7) is 2.72. The molecule has 2 N–H and O–H groups in total. The summed E-state index contributed by atoms with van der Waals surface area (Å²) in [5.74, 6) is 0.213. The maximum absolute atomic E-state index is 13.5. The van der Waals surface area contributed by atoms with Crippen molar-refractivity contribution in [3.63, 3.8) is 0 Å². The summed E-state index contributed by atoms with van der Waals surface area (Å²) >= 11 is 0. The van der Waals surface area contributed by atoms with Crippen molar-refractivity contribution in [2.45, 2.75) is 62.8 Å². The van der Waals surface area contributed by atoms with E-state index in [1.165, 1.54) is 16.8 Å². The number of nitrogens with one attached hydrogen (secondary N) is 1. The molecule has 148 valence electrons. The summed E-state index contributed by atoms with van der Waals surface area (Å²) in [6.07, 6.45) is 0.118. The summed E-state index contributed by atoms with van der Waals surface area (Å²) in [7, 11) is 0. The smallest absolute Gasteiger partial charge is 0.389 e. The number of halogens is 3. The molecule has 0 amide bonds. The lowest BCUT2D eigenvalue weighted by molar-refractivity contribution is -0.136. The molecule has 1 aliphatic heterocycles. The Bertz CT molecular complexity index is 826. The third-order valence-corrected chi connectivity index (χ3v) is 5.99. The van der Waals surface area contributed by atoms with E-state index in [9.17, 15) is 18.3 Å². The average Bonchev–Trinajstić information content (AvgIpc) is 2.96. The van der Waals surface area contributed by atoms with E-state index in [2.05, 4.69) is 15.4 Å². The van der Waals surface area contributed by atoms with E-state index in [4.69, 9.17) is 4.74 Å².